The number of carbonyl (C=O) groups excluding carboxylic acids is 1. The molecule has 6 heteroatoms. The molecule has 0 spiro atoms. The molecular weight excluding hydrogens is 230 g/mol. The van der Waals surface area contributed by atoms with E-state index in [0.29, 0.717) is 0 Å². The average Bonchev–Trinajstić information content (AvgIpc) is 2.98. The van der Waals surface area contributed by atoms with E-state index in [1.807, 2.05) is 25.1 Å². The molecule has 2 heterocycles. The zero-order valence-electron chi connectivity index (χ0n) is 9.92. The number of fused-ring (bicyclic) bond motifs is 1. The van der Waals surface area contributed by atoms with Gasteiger partial charge in [0.05, 0.1) is 5.69 Å². The van der Waals surface area contributed by atoms with Crippen molar-refractivity contribution in [2.75, 3.05) is 11.9 Å². The van der Waals surface area contributed by atoms with Crippen molar-refractivity contribution in [3.05, 3.63) is 36.4 Å². The number of anilines is 1. The molecule has 1 amide bonds. The third-order valence-electron chi connectivity index (χ3n) is 2.96. The summed E-state index contributed by atoms with van der Waals surface area (Å²) in [6, 6.07) is 5.52. The Kier molecular flexibility index (Phi) is 2.56. The van der Waals surface area contributed by atoms with Crippen molar-refractivity contribution in [2.24, 2.45) is 0 Å². The molecule has 1 aromatic heterocycles. The third-order valence-corrected chi connectivity index (χ3v) is 2.96. The summed E-state index contributed by atoms with van der Waals surface area (Å²) >= 11 is 0. The van der Waals surface area contributed by atoms with Gasteiger partial charge in [-0.15, -0.1) is 0 Å². The second kappa shape index (κ2) is 4.23. The normalized spacial score (nSPS) is 17.6. The van der Waals surface area contributed by atoms with Crippen molar-refractivity contribution < 1.29 is 4.79 Å². The van der Waals surface area contributed by atoms with Crippen LogP contribution in [0.1, 0.15) is 18.5 Å². The first-order chi connectivity index (χ1) is 8.79. The molecule has 0 saturated heterocycles. The molecule has 0 fully saturated rings. The second-order valence-electron chi connectivity index (χ2n) is 4.09. The smallest absolute Gasteiger partial charge is 0.246 e. The number of aromatic nitrogens is 3. The number of hydrogen-bond acceptors (Lipinski definition) is 4. The molecule has 1 aromatic carbocycles. The molecule has 6 nitrogen and oxygen atoms in total. The summed E-state index contributed by atoms with van der Waals surface area (Å²) in [6.07, 6.45) is 3.10. The predicted octanol–water partition coefficient (Wildman–Crippen LogP) is 0.870. The first-order valence-corrected chi connectivity index (χ1v) is 5.83. The van der Waals surface area contributed by atoms with Gasteiger partial charge in [-0.25, -0.2) is 9.67 Å². The highest BCUT2D eigenvalue weighted by Crippen LogP contribution is 2.32. The minimum atomic E-state index is -0.255. The van der Waals surface area contributed by atoms with Crippen molar-refractivity contribution in [3.8, 4) is 5.69 Å². The van der Waals surface area contributed by atoms with E-state index < -0.39 is 0 Å². The molecular formula is C12H13N5O. The van der Waals surface area contributed by atoms with Crippen LogP contribution in [0, 0.1) is 0 Å². The van der Waals surface area contributed by atoms with E-state index in [2.05, 4.69) is 20.7 Å². The van der Waals surface area contributed by atoms with E-state index in [4.69, 9.17) is 0 Å². The maximum Gasteiger partial charge on any atom is 0.246 e. The van der Waals surface area contributed by atoms with E-state index in [0.717, 1.165) is 23.5 Å². The highest BCUT2D eigenvalue weighted by atomic mass is 16.2. The number of benzene rings is 1. The van der Waals surface area contributed by atoms with E-state index in [1.165, 1.54) is 6.33 Å². The van der Waals surface area contributed by atoms with Crippen molar-refractivity contribution >= 4 is 11.6 Å². The average molecular weight is 243 g/mol. The zero-order chi connectivity index (χ0) is 12.5. The van der Waals surface area contributed by atoms with Gasteiger partial charge >= 0.3 is 0 Å². The number of carbonyl (C=O) groups is 1. The van der Waals surface area contributed by atoms with Crippen LogP contribution in [0.5, 0.6) is 0 Å². The molecule has 1 aliphatic heterocycles. The lowest BCUT2D eigenvalue weighted by Gasteiger charge is -2.09. The quantitative estimate of drug-likeness (QED) is 0.839. The van der Waals surface area contributed by atoms with Gasteiger partial charge in [-0.3, -0.25) is 4.79 Å². The SMILES string of the molecule is CCNC1C(=O)Nc2cc(-n3cncn3)ccc21. The minimum absolute atomic E-state index is 0.0115. The standard InChI is InChI=1S/C12H13N5O/c1-2-14-11-9-4-3-8(17-7-13-6-15-17)5-10(9)16-12(11)18/h3-7,11,14H,2H2,1H3,(H,16,18). The highest BCUT2D eigenvalue weighted by Gasteiger charge is 2.29. The highest BCUT2D eigenvalue weighted by molar-refractivity contribution is 6.02. The van der Waals surface area contributed by atoms with Gasteiger partial charge in [0.2, 0.25) is 5.91 Å². The molecule has 1 unspecified atom stereocenters. The Morgan fingerprint density at radius 1 is 1.50 bits per heavy atom. The fourth-order valence-corrected chi connectivity index (χ4v) is 2.14. The molecule has 1 aliphatic rings. The maximum atomic E-state index is 11.8. The number of hydrogen-bond donors (Lipinski definition) is 2. The summed E-state index contributed by atoms with van der Waals surface area (Å²) in [4.78, 5) is 15.7. The van der Waals surface area contributed by atoms with Gasteiger partial charge in [-0.05, 0) is 18.7 Å². The molecule has 0 saturated carbocycles. The van der Waals surface area contributed by atoms with E-state index in [1.54, 1.807) is 11.0 Å². The van der Waals surface area contributed by atoms with Gasteiger partial charge in [0, 0.05) is 11.3 Å². The van der Waals surface area contributed by atoms with Crippen LogP contribution in [0.15, 0.2) is 30.9 Å². The molecule has 92 valence electrons. The van der Waals surface area contributed by atoms with Crippen molar-refractivity contribution in [1.29, 1.82) is 0 Å². The van der Waals surface area contributed by atoms with Gasteiger partial charge in [0.25, 0.3) is 0 Å². The minimum Gasteiger partial charge on any atom is -0.324 e. The fraction of sp³-hybridized carbons (Fsp3) is 0.250. The molecule has 2 N–H and O–H groups in total. The topological polar surface area (TPSA) is 71.8 Å². The Balaban J connectivity index is 1.99. The summed E-state index contributed by atoms with van der Waals surface area (Å²) in [5.74, 6) is -0.0115. The third kappa shape index (κ3) is 1.67. The van der Waals surface area contributed by atoms with Crippen LogP contribution in [0.4, 0.5) is 5.69 Å². The van der Waals surface area contributed by atoms with E-state index in [9.17, 15) is 4.79 Å². The van der Waals surface area contributed by atoms with Gasteiger partial charge in [-0.2, -0.15) is 5.10 Å². The van der Waals surface area contributed by atoms with E-state index >= 15 is 0 Å². The van der Waals surface area contributed by atoms with Crippen LogP contribution < -0.4 is 10.6 Å². The first kappa shape index (κ1) is 10.9. The van der Waals surface area contributed by atoms with Gasteiger partial charge in [0.15, 0.2) is 0 Å². The van der Waals surface area contributed by atoms with Crippen LogP contribution >= 0.6 is 0 Å². The Morgan fingerprint density at radius 2 is 2.39 bits per heavy atom. The molecule has 1 atom stereocenters. The molecule has 0 aliphatic carbocycles. The predicted molar refractivity (Wildman–Crippen MR) is 66.4 cm³/mol. The molecule has 0 radical (unpaired) electrons. The second-order valence-corrected chi connectivity index (χ2v) is 4.09. The number of amides is 1. The van der Waals surface area contributed by atoms with Crippen molar-refractivity contribution in [2.45, 2.75) is 13.0 Å². The lowest BCUT2D eigenvalue weighted by atomic mass is 10.1. The van der Waals surface area contributed by atoms with Crippen LogP contribution in [0.3, 0.4) is 0 Å². The Morgan fingerprint density at radius 3 is 3.11 bits per heavy atom. The molecule has 0 bridgehead atoms. The Bertz CT molecular complexity index is 578. The summed E-state index contributed by atoms with van der Waals surface area (Å²) in [7, 11) is 0. The summed E-state index contributed by atoms with van der Waals surface area (Å²) in [5, 5.41) is 10.1. The van der Waals surface area contributed by atoms with Crippen LogP contribution in [0.2, 0.25) is 0 Å². The first-order valence-electron chi connectivity index (χ1n) is 5.83. The lowest BCUT2D eigenvalue weighted by Crippen LogP contribution is -2.27. The maximum absolute atomic E-state index is 11.8. The number of rotatable bonds is 3. The number of nitrogens with zero attached hydrogens (tertiary/aromatic N) is 3. The van der Waals surface area contributed by atoms with Crippen molar-refractivity contribution in [3.63, 3.8) is 0 Å². The van der Waals surface area contributed by atoms with Gasteiger partial charge in [-0.1, -0.05) is 13.0 Å². The van der Waals surface area contributed by atoms with E-state index in [-0.39, 0.29) is 11.9 Å². The van der Waals surface area contributed by atoms with Crippen LogP contribution in [-0.4, -0.2) is 27.2 Å². The van der Waals surface area contributed by atoms with Gasteiger partial charge in [0.1, 0.15) is 18.7 Å². The van der Waals surface area contributed by atoms with Crippen LogP contribution in [0.25, 0.3) is 5.69 Å². The summed E-state index contributed by atoms with van der Waals surface area (Å²) < 4.78 is 1.66. The zero-order valence-corrected chi connectivity index (χ0v) is 9.92. The lowest BCUT2D eigenvalue weighted by molar-refractivity contribution is -0.117. The van der Waals surface area contributed by atoms with Gasteiger partial charge < -0.3 is 10.6 Å². The molecule has 18 heavy (non-hydrogen) atoms. The van der Waals surface area contributed by atoms with Crippen LogP contribution in [-0.2, 0) is 4.79 Å². The summed E-state index contributed by atoms with van der Waals surface area (Å²) in [6.45, 7) is 2.73. The summed E-state index contributed by atoms with van der Waals surface area (Å²) in [5.41, 5.74) is 2.69. The Hall–Kier alpha value is -2.21. The molecule has 3 rings (SSSR count). The van der Waals surface area contributed by atoms with Crippen molar-refractivity contribution in [1.82, 2.24) is 20.1 Å². The Labute approximate surface area is 104 Å². The monoisotopic (exact) mass is 243 g/mol. The largest absolute Gasteiger partial charge is 0.324 e. The number of likely N-dealkylation sites (N-methyl/N-ethyl adjacent to an activating group) is 1. The number of nitrogens with one attached hydrogen (secondary N) is 2. The molecule has 2 aromatic rings. The fourth-order valence-electron chi connectivity index (χ4n) is 2.14.